The molecule has 12 heteroatoms. The van der Waals surface area contributed by atoms with Gasteiger partial charge in [0.2, 0.25) is 21.8 Å². The second-order valence-electron chi connectivity index (χ2n) is 8.08. The molecule has 11 nitrogen and oxygen atoms in total. The van der Waals surface area contributed by atoms with Crippen molar-refractivity contribution in [3.8, 4) is 5.82 Å². The molecule has 0 saturated carbocycles. The van der Waals surface area contributed by atoms with E-state index in [1.807, 2.05) is 36.9 Å². The van der Waals surface area contributed by atoms with Crippen molar-refractivity contribution in [1.29, 1.82) is 0 Å². The van der Waals surface area contributed by atoms with Gasteiger partial charge in [-0.15, -0.1) is 10.2 Å². The van der Waals surface area contributed by atoms with Crippen LogP contribution in [-0.2, 0) is 19.6 Å². The quantitative estimate of drug-likeness (QED) is 0.562. The number of carbonyl (C=O) groups is 2. The SMILES string of the molecule is Cc1cc(C)n(-c2ccc(N3CCN(S(=O)(=O)CCN4C(=O)CCCC4=O)CC3)nn2)n1. The molecule has 2 aliphatic rings. The minimum Gasteiger partial charge on any atom is -0.352 e. The summed E-state index contributed by atoms with van der Waals surface area (Å²) >= 11 is 0. The van der Waals surface area contributed by atoms with E-state index in [0.29, 0.717) is 57.1 Å². The van der Waals surface area contributed by atoms with Crippen LogP contribution in [0.1, 0.15) is 30.7 Å². The van der Waals surface area contributed by atoms with E-state index in [4.69, 9.17) is 0 Å². The van der Waals surface area contributed by atoms with Crippen LogP contribution in [0.4, 0.5) is 5.82 Å². The van der Waals surface area contributed by atoms with E-state index in [0.717, 1.165) is 16.3 Å². The summed E-state index contributed by atoms with van der Waals surface area (Å²) in [6, 6.07) is 5.67. The molecule has 0 radical (unpaired) electrons. The molecule has 0 aromatic carbocycles. The van der Waals surface area contributed by atoms with Gasteiger partial charge in [-0.05, 0) is 38.5 Å². The fourth-order valence-electron chi connectivity index (χ4n) is 4.04. The molecule has 0 bridgehead atoms. The van der Waals surface area contributed by atoms with Crippen molar-refractivity contribution in [3.05, 3.63) is 29.6 Å². The molecule has 2 aliphatic heterocycles. The summed E-state index contributed by atoms with van der Waals surface area (Å²) < 4.78 is 28.6. The number of aryl methyl sites for hydroxylation is 2. The molecule has 2 fully saturated rings. The predicted octanol–water partition coefficient (Wildman–Crippen LogP) is 0.270. The number of carbonyl (C=O) groups excluding carboxylic acids is 2. The largest absolute Gasteiger partial charge is 0.352 e. The molecule has 0 N–H and O–H groups in total. The Morgan fingerprint density at radius 3 is 2.12 bits per heavy atom. The molecule has 0 spiro atoms. The minimum atomic E-state index is -3.57. The summed E-state index contributed by atoms with van der Waals surface area (Å²) in [5.41, 5.74) is 1.87. The Labute approximate surface area is 187 Å². The van der Waals surface area contributed by atoms with Crippen LogP contribution >= 0.6 is 0 Å². The van der Waals surface area contributed by atoms with Gasteiger partial charge in [0, 0.05) is 51.3 Å². The number of hydrogen-bond donors (Lipinski definition) is 0. The van der Waals surface area contributed by atoms with Gasteiger partial charge in [-0.3, -0.25) is 14.5 Å². The molecular weight excluding hydrogens is 434 g/mol. The second kappa shape index (κ2) is 8.94. The predicted molar refractivity (Wildman–Crippen MR) is 117 cm³/mol. The Kier molecular flexibility index (Phi) is 6.24. The average molecular weight is 462 g/mol. The zero-order valence-electron chi connectivity index (χ0n) is 18.3. The van der Waals surface area contributed by atoms with Gasteiger partial charge in [-0.25, -0.2) is 13.1 Å². The Morgan fingerprint density at radius 1 is 0.938 bits per heavy atom. The number of hydrogen-bond acceptors (Lipinski definition) is 8. The second-order valence-corrected chi connectivity index (χ2v) is 10.2. The Hall–Kier alpha value is -2.86. The number of piperidine rings is 1. The first-order chi connectivity index (χ1) is 15.2. The molecule has 2 amide bonds. The Morgan fingerprint density at radius 2 is 1.56 bits per heavy atom. The lowest BCUT2D eigenvalue weighted by Gasteiger charge is -2.35. The Bertz CT molecular complexity index is 1090. The zero-order valence-corrected chi connectivity index (χ0v) is 19.1. The minimum absolute atomic E-state index is 0.0839. The lowest BCUT2D eigenvalue weighted by atomic mass is 10.1. The zero-order chi connectivity index (χ0) is 22.9. The van der Waals surface area contributed by atoms with E-state index in [9.17, 15) is 18.0 Å². The van der Waals surface area contributed by atoms with Crippen molar-refractivity contribution >= 4 is 27.7 Å². The van der Waals surface area contributed by atoms with Crippen molar-refractivity contribution in [3.63, 3.8) is 0 Å². The summed E-state index contributed by atoms with van der Waals surface area (Å²) in [7, 11) is -3.57. The number of sulfonamides is 1. The third-order valence-corrected chi connectivity index (χ3v) is 7.63. The highest BCUT2D eigenvalue weighted by atomic mass is 32.2. The van der Waals surface area contributed by atoms with Gasteiger partial charge in [0.05, 0.1) is 11.4 Å². The van der Waals surface area contributed by atoms with Crippen molar-refractivity contribution < 1.29 is 18.0 Å². The van der Waals surface area contributed by atoms with E-state index in [1.54, 1.807) is 4.68 Å². The average Bonchev–Trinajstić information content (AvgIpc) is 3.11. The summed E-state index contributed by atoms with van der Waals surface area (Å²) in [6.45, 7) is 5.37. The van der Waals surface area contributed by atoms with Crippen LogP contribution in [0.2, 0.25) is 0 Å². The molecule has 2 aromatic rings. The van der Waals surface area contributed by atoms with Gasteiger partial charge in [-0.1, -0.05) is 0 Å². The van der Waals surface area contributed by atoms with Crippen LogP contribution < -0.4 is 4.90 Å². The van der Waals surface area contributed by atoms with E-state index in [-0.39, 0.29) is 24.1 Å². The molecule has 0 unspecified atom stereocenters. The van der Waals surface area contributed by atoms with Crippen LogP contribution in [0, 0.1) is 13.8 Å². The van der Waals surface area contributed by atoms with Gasteiger partial charge < -0.3 is 4.90 Å². The van der Waals surface area contributed by atoms with Crippen LogP contribution in [0.3, 0.4) is 0 Å². The monoisotopic (exact) mass is 461 g/mol. The van der Waals surface area contributed by atoms with E-state index in [2.05, 4.69) is 15.3 Å². The molecule has 0 atom stereocenters. The van der Waals surface area contributed by atoms with Crippen molar-refractivity contribution in [1.82, 2.24) is 29.2 Å². The van der Waals surface area contributed by atoms with Crippen LogP contribution in [0.15, 0.2) is 18.2 Å². The first-order valence-corrected chi connectivity index (χ1v) is 12.3. The third kappa shape index (κ3) is 4.65. The fraction of sp³-hybridized carbons (Fsp3) is 0.550. The molecule has 4 rings (SSSR count). The van der Waals surface area contributed by atoms with Crippen LogP contribution in [0.5, 0.6) is 0 Å². The number of likely N-dealkylation sites (tertiary alicyclic amines) is 1. The highest BCUT2D eigenvalue weighted by molar-refractivity contribution is 7.89. The van der Waals surface area contributed by atoms with Gasteiger partial charge in [0.15, 0.2) is 11.6 Å². The topological polar surface area (TPSA) is 122 Å². The number of rotatable bonds is 6. The number of anilines is 1. The highest BCUT2D eigenvalue weighted by Crippen LogP contribution is 2.18. The van der Waals surface area contributed by atoms with Gasteiger partial charge in [0.25, 0.3) is 0 Å². The number of nitrogens with zero attached hydrogens (tertiary/aromatic N) is 7. The molecule has 2 saturated heterocycles. The molecular formula is C20H27N7O4S. The maximum atomic E-state index is 12.7. The summed E-state index contributed by atoms with van der Waals surface area (Å²) in [4.78, 5) is 26.9. The normalized spacial score (nSPS) is 18.4. The highest BCUT2D eigenvalue weighted by Gasteiger charge is 2.31. The van der Waals surface area contributed by atoms with Gasteiger partial charge >= 0.3 is 0 Å². The molecule has 0 aliphatic carbocycles. The van der Waals surface area contributed by atoms with Gasteiger partial charge in [0.1, 0.15) is 0 Å². The molecule has 4 heterocycles. The molecule has 32 heavy (non-hydrogen) atoms. The third-order valence-electron chi connectivity index (χ3n) is 5.78. The number of imide groups is 1. The number of aromatic nitrogens is 4. The summed E-state index contributed by atoms with van der Waals surface area (Å²) in [5.74, 6) is 0.480. The Balaban J connectivity index is 1.33. The lowest BCUT2D eigenvalue weighted by molar-refractivity contribution is -0.147. The smallest absolute Gasteiger partial charge is 0.229 e. The van der Waals surface area contributed by atoms with Crippen molar-refractivity contribution in [2.45, 2.75) is 33.1 Å². The number of piperazine rings is 1. The van der Waals surface area contributed by atoms with E-state index >= 15 is 0 Å². The summed E-state index contributed by atoms with van der Waals surface area (Å²) in [6.07, 6.45) is 1.13. The van der Waals surface area contributed by atoms with Crippen molar-refractivity contribution in [2.24, 2.45) is 0 Å². The molecule has 2 aromatic heterocycles. The van der Waals surface area contributed by atoms with Crippen LogP contribution in [0.25, 0.3) is 5.82 Å². The van der Waals surface area contributed by atoms with E-state index in [1.165, 1.54) is 4.31 Å². The first kappa shape index (κ1) is 22.3. The lowest BCUT2D eigenvalue weighted by Crippen LogP contribution is -2.51. The van der Waals surface area contributed by atoms with Gasteiger partial charge in [-0.2, -0.15) is 9.40 Å². The standard InChI is InChI=1S/C20H27N7O4S/c1-15-14-16(2)27(23-15)18-7-6-17(21-22-18)24-8-10-25(11-9-24)32(30,31)13-12-26-19(28)4-3-5-20(26)29/h6-7,14H,3-5,8-13H2,1-2H3. The van der Waals surface area contributed by atoms with Crippen molar-refractivity contribution in [2.75, 3.05) is 43.4 Å². The maximum absolute atomic E-state index is 12.7. The number of amides is 2. The summed E-state index contributed by atoms with van der Waals surface area (Å²) in [5, 5.41) is 13.0. The molecule has 172 valence electrons. The maximum Gasteiger partial charge on any atom is 0.229 e. The fourth-order valence-corrected chi connectivity index (χ4v) is 5.43. The van der Waals surface area contributed by atoms with Crippen LogP contribution in [-0.4, -0.2) is 87.9 Å². The van der Waals surface area contributed by atoms with E-state index < -0.39 is 10.0 Å². The first-order valence-electron chi connectivity index (χ1n) is 10.7.